The molecule has 2 N–H and O–H groups in total. The number of amides is 1. The highest BCUT2D eigenvalue weighted by atomic mass is 16.3. The third-order valence-corrected chi connectivity index (χ3v) is 5.10. The molecular weight excluding hydrogens is 320 g/mol. The van der Waals surface area contributed by atoms with E-state index in [1.54, 1.807) is 11.8 Å². The van der Waals surface area contributed by atoms with E-state index in [1.807, 2.05) is 6.92 Å². The Morgan fingerprint density at radius 3 is 2.60 bits per heavy atom. The maximum atomic E-state index is 12.9. The molecule has 0 aliphatic carbocycles. The molecule has 6 nitrogen and oxygen atoms in total. The zero-order valence-electron chi connectivity index (χ0n) is 15.7. The molecule has 1 aromatic rings. The summed E-state index contributed by atoms with van der Waals surface area (Å²) in [4.78, 5) is 41.0. The van der Waals surface area contributed by atoms with Crippen molar-refractivity contribution in [2.24, 2.45) is 11.8 Å². The highest BCUT2D eigenvalue weighted by molar-refractivity contribution is 5.99. The van der Waals surface area contributed by atoms with Crippen LogP contribution in [-0.2, 0) is 0 Å². The molecule has 0 spiro atoms. The summed E-state index contributed by atoms with van der Waals surface area (Å²) in [6, 6.07) is 1.39. The Balaban J connectivity index is 2.30. The van der Waals surface area contributed by atoms with Crippen molar-refractivity contribution in [1.82, 2.24) is 9.88 Å². The maximum Gasteiger partial charge on any atom is 0.261 e. The second kappa shape index (κ2) is 7.12. The van der Waals surface area contributed by atoms with Gasteiger partial charge in [-0.25, -0.2) is 0 Å². The van der Waals surface area contributed by atoms with Crippen LogP contribution in [0.3, 0.4) is 0 Å². The third kappa shape index (κ3) is 4.18. The number of hydrogen-bond donors (Lipinski definition) is 2. The van der Waals surface area contributed by atoms with Gasteiger partial charge in [-0.2, -0.15) is 0 Å². The van der Waals surface area contributed by atoms with E-state index in [4.69, 9.17) is 0 Å². The predicted molar refractivity (Wildman–Crippen MR) is 95.9 cm³/mol. The lowest BCUT2D eigenvalue weighted by molar-refractivity contribution is -0.0577. The molecule has 2 atom stereocenters. The predicted octanol–water partition coefficient (Wildman–Crippen LogP) is 2.15. The average Bonchev–Trinajstić information content (AvgIpc) is 2.48. The molecule has 6 heteroatoms. The quantitative estimate of drug-likeness (QED) is 0.816. The van der Waals surface area contributed by atoms with Crippen molar-refractivity contribution >= 4 is 11.7 Å². The third-order valence-electron chi connectivity index (χ3n) is 5.10. The summed E-state index contributed by atoms with van der Waals surface area (Å²) >= 11 is 0. The van der Waals surface area contributed by atoms with Gasteiger partial charge in [-0.3, -0.25) is 14.4 Å². The lowest BCUT2D eigenvalue weighted by Gasteiger charge is -2.43. The normalized spacial score (nSPS) is 23.8. The average molecular weight is 348 g/mol. The van der Waals surface area contributed by atoms with Crippen LogP contribution in [0.4, 0.5) is 0 Å². The summed E-state index contributed by atoms with van der Waals surface area (Å²) in [5.74, 6) is -0.212. The summed E-state index contributed by atoms with van der Waals surface area (Å²) in [5.41, 5.74) is -0.490. The number of aromatic amines is 1. The molecule has 0 saturated carbocycles. The van der Waals surface area contributed by atoms with E-state index in [0.717, 1.165) is 6.42 Å². The molecule has 1 aliphatic rings. The van der Waals surface area contributed by atoms with Gasteiger partial charge in [0.15, 0.2) is 5.78 Å². The number of pyridine rings is 1. The summed E-state index contributed by atoms with van der Waals surface area (Å²) in [6.07, 6.45) is 1.28. The first-order valence-electron chi connectivity index (χ1n) is 8.79. The van der Waals surface area contributed by atoms with Crippen molar-refractivity contribution in [3.05, 3.63) is 33.2 Å². The number of ketones is 1. The van der Waals surface area contributed by atoms with E-state index in [0.29, 0.717) is 36.7 Å². The van der Waals surface area contributed by atoms with E-state index in [1.165, 1.54) is 13.0 Å². The fraction of sp³-hybridized carbons (Fsp3) is 0.632. The summed E-state index contributed by atoms with van der Waals surface area (Å²) in [5, 5.41) is 10.6. The summed E-state index contributed by atoms with van der Waals surface area (Å²) in [6.45, 7) is 9.83. The first-order chi connectivity index (χ1) is 11.5. The Kier molecular flexibility index (Phi) is 5.52. The SMILES string of the molecule is CC(=O)c1cc(C(=O)N2CC[C@@](C)(O)[C@@H](CC(C)C)C2)c(=O)[nH]c1C. The number of nitrogens with one attached hydrogen (secondary N) is 1. The van der Waals surface area contributed by atoms with Gasteiger partial charge in [0.25, 0.3) is 11.5 Å². The number of aliphatic hydroxyl groups is 1. The maximum absolute atomic E-state index is 12.9. The number of carbonyl (C=O) groups is 2. The van der Waals surface area contributed by atoms with E-state index >= 15 is 0 Å². The number of rotatable bonds is 4. The van der Waals surface area contributed by atoms with Crippen LogP contribution in [0.15, 0.2) is 10.9 Å². The lowest BCUT2D eigenvalue weighted by Crippen LogP contribution is -2.52. The second-order valence-corrected chi connectivity index (χ2v) is 7.79. The van der Waals surface area contributed by atoms with Crippen LogP contribution in [0.5, 0.6) is 0 Å². The molecule has 0 bridgehead atoms. The van der Waals surface area contributed by atoms with Crippen LogP contribution < -0.4 is 5.56 Å². The van der Waals surface area contributed by atoms with Gasteiger partial charge >= 0.3 is 0 Å². The largest absolute Gasteiger partial charge is 0.390 e. The van der Waals surface area contributed by atoms with Gasteiger partial charge < -0.3 is 15.0 Å². The van der Waals surface area contributed by atoms with Crippen molar-refractivity contribution in [3.8, 4) is 0 Å². The molecule has 1 amide bonds. The zero-order chi connectivity index (χ0) is 18.9. The molecule has 0 unspecified atom stereocenters. The molecular formula is C19H28N2O4. The number of Topliss-reactive ketones (excluding diaryl/α,β-unsaturated/α-hetero) is 1. The highest BCUT2D eigenvalue weighted by Gasteiger charge is 2.39. The first-order valence-corrected chi connectivity index (χ1v) is 8.79. The monoisotopic (exact) mass is 348 g/mol. The minimum absolute atomic E-state index is 0.0133. The lowest BCUT2D eigenvalue weighted by atomic mass is 9.78. The smallest absolute Gasteiger partial charge is 0.261 e. The number of hydrogen-bond acceptors (Lipinski definition) is 4. The van der Waals surface area contributed by atoms with Crippen LogP contribution in [0.25, 0.3) is 0 Å². The van der Waals surface area contributed by atoms with E-state index in [9.17, 15) is 19.5 Å². The van der Waals surface area contributed by atoms with Gasteiger partial charge in [0.2, 0.25) is 0 Å². The van der Waals surface area contributed by atoms with Crippen LogP contribution in [0, 0.1) is 18.8 Å². The number of carbonyl (C=O) groups excluding carboxylic acids is 2. The van der Waals surface area contributed by atoms with Gasteiger partial charge in [-0.15, -0.1) is 0 Å². The fourth-order valence-corrected chi connectivity index (χ4v) is 3.52. The number of aryl methyl sites for hydroxylation is 1. The molecule has 1 saturated heterocycles. The molecule has 0 aromatic carbocycles. The first kappa shape index (κ1) is 19.4. The van der Waals surface area contributed by atoms with Gasteiger partial charge in [-0.05, 0) is 45.6 Å². The Hall–Kier alpha value is -1.95. The van der Waals surface area contributed by atoms with Gasteiger partial charge in [0.1, 0.15) is 5.56 Å². The van der Waals surface area contributed by atoms with Crippen molar-refractivity contribution in [3.63, 3.8) is 0 Å². The van der Waals surface area contributed by atoms with Crippen LogP contribution >= 0.6 is 0 Å². The minimum atomic E-state index is -0.814. The number of likely N-dealkylation sites (tertiary alicyclic amines) is 1. The van der Waals surface area contributed by atoms with Gasteiger partial charge in [0, 0.05) is 30.3 Å². The second-order valence-electron chi connectivity index (χ2n) is 7.79. The topological polar surface area (TPSA) is 90.5 Å². The van der Waals surface area contributed by atoms with E-state index < -0.39 is 11.2 Å². The van der Waals surface area contributed by atoms with Crippen LogP contribution in [0.1, 0.15) is 66.9 Å². The standard InChI is InChI=1S/C19H28N2O4/c1-11(2)8-14-10-21(7-6-19(14,5)25)18(24)16-9-15(13(4)22)12(3)20-17(16)23/h9,11,14,25H,6-8,10H2,1-5H3,(H,20,23)/t14-,19+/m0/s1. The van der Waals surface area contributed by atoms with Gasteiger partial charge in [-0.1, -0.05) is 13.8 Å². The van der Waals surface area contributed by atoms with Gasteiger partial charge in [0.05, 0.1) is 5.60 Å². The Labute approximate surface area is 148 Å². The number of H-pyrrole nitrogens is 1. The summed E-state index contributed by atoms with van der Waals surface area (Å²) in [7, 11) is 0. The molecule has 1 fully saturated rings. The van der Waals surface area contributed by atoms with Crippen molar-refractivity contribution < 1.29 is 14.7 Å². The molecule has 2 rings (SSSR count). The number of aromatic nitrogens is 1. The molecule has 25 heavy (non-hydrogen) atoms. The van der Waals surface area contributed by atoms with E-state index in [2.05, 4.69) is 18.8 Å². The molecule has 1 aliphatic heterocycles. The number of piperidine rings is 1. The Bertz CT molecular complexity index is 733. The number of nitrogens with zero attached hydrogens (tertiary/aromatic N) is 1. The minimum Gasteiger partial charge on any atom is -0.390 e. The van der Waals surface area contributed by atoms with Crippen molar-refractivity contribution in [2.75, 3.05) is 13.1 Å². The Morgan fingerprint density at radius 2 is 2.04 bits per heavy atom. The van der Waals surface area contributed by atoms with Crippen LogP contribution in [0.2, 0.25) is 0 Å². The molecule has 138 valence electrons. The molecule has 2 heterocycles. The zero-order valence-corrected chi connectivity index (χ0v) is 15.7. The van der Waals surface area contributed by atoms with Crippen LogP contribution in [-0.4, -0.2) is 45.4 Å². The highest BCUT2D eigenvalue weighted by Crippen LogP contribution is 2.32. The van der Waals surface area contributed by atoms with E-state index in [-0.39, 0.29) is 23.2 Å². The molecule has 0 radical (unpaired) electrons. The summed E-state index contributed by atoms with van der Waals surface area (Å²) < 4.78 is 0. The van der Waals surface area contributed by atoms with Crippen molar-refractivity contribution in [1.29, 1.82) is 0 Å². The molecule has 1 aromatic heterocycles. The Morgan fingerprint density at radius 1 is 1.40 bits per heavy atom. The fourth-order valence-electron chi connectivity index (χ4n) is 3.52. The van der Waals surface area contributed by atoms with Crippen molar-refractivity contribution in [2.45, 2.75) is 53.1 Å².